The van der Waals surface area contributed by atoms with Gasteiger partial charge in [-0.2, -0.15) is 13.2 Å². The molecule has 3 nitrogen and oxygen atoms in total. The lowest BCUT2D eigenvalue weighted by molar-refractivity contribution is -0.137. The molecule has 0 atom stereocenters. The van der Waals surface area contributed by atoms with Gasteiger partial charge in [0, 0.05) is 11.8 Å². The molecule has 0 radical (unpaired) electrons. The lowest BCUT2D eigenvalue weighted by atomic mass is 10.1. The number of hydrogen-bond acceptors (Lipinski definition) is 2. The van der Waals surface area contributed by atoms with Crippen LogP contribution in [0, 0.1) is 0 Å². The van der Waals surface area contributed by atoms with E-state index in [1.54, 1.807) is 0 Å². The van der Waals surface area contributed by atoms with E-state index in [1.807, 2.05) is 0 Å². The first-order valence-corrected chi connectivity index (χ1v) is 4.18. The number of halogens is 3. The Bertz CT molecular complexity index is 438. The minimum absolute atomic E-state index is 0.0252. The average molecular weight is 231 g/mol. The number of aliphatic carboxylic acids is 1. The van der Waals surface area contributed by atoms with Gasteiger partial charge in [-0.3, -0.25) is 0 Å². The molecule has 0 aliphatic heterocycles. The second-order valence-corrected chi connectivity index (χ2v) is 3.01. The molecule has 16 heavy (non-hydrogen) atoms. The van der Waals surface area contributed by atoms with Crippen LogP contribution in [-0.2, 0) is 11.0 Å². The van der Waals surface area contributed by atoms with Crippen molar-refractivity contribution in [1.29, 1.82) is 0 Å². The number of carboxylic acids is 1. The predicted octanol–water partition coefficient (Wildman–Crippen LogP) is 2.39. The molecule has 0 saturated heterocycles. The molecule has 1 rings (SSSR count). The van der Waals surface area contributed by atoms with Gasteiger partial charge in [0.25, 0.3) is 0 Å². The summed E-state index contributed by atoms with van der Waals surface area (Å²) in [6, 6.07) is 2.73. The zero-order chi connectivity index (χ0) is 12.3. The third-order valence-electron chi connectivity index (χ3n) is 1.82. The Labute approximate surface area is 89.0 Å². The monoisotopic (exact) mass is 231 g/mol. The summed E-state index contributed by atoms with van der Waals surface area (Å²) >= 11 is 0. The predicted molar refractivity (Wildman–Crippen MR) is 52.5 cm³/mol. The van der Waals surface area contributed by atoms with E-state index in [0.29, 0.717) is 0 Å². The fourth-order valence-electron chi connectivity index (χ4n) is 1.06. The van der Waals surface area contributed by atoms with Crippen LogP contribution >= 0.6 is 0 Å². The molecule has 0 saturated carbocycles. The van der Waals surface area contributed by atoms with Crippen LogP contribution in [0.5, 0.6) is 0 Å². The molecule has 0 fully saturated rings. The van der Waals surface area contributed by atoms with Crippen LogP contribution in [0.25, 0.3) is 6.08 Å². The molecular formula is C10H8F3NO2. The van der Waals surface area contributed by atoms with Gasteiger partial charge in [-0.25, -0.2) is 4.79 Å². The minimum atomic E-state index is -4.47. The lowest BCUT2D eigenvalue weighted by Crippen LogP contribution is -2.05. The Morgan fingerprint density at radius 2 is 2.00 bits per heavy atom. The van der Waals surface area contributed by atoms with Crippen LogP contribution in [0.2, 0.25) is 0 Å². The first-order valence-electron chi connectivity index (χ1n) is 4.18. The van der Waals surface area contributed by atoms with Crippen molar-refractivity contribution in [3.63, 3.8) is 0 Å². The van der Waals surface area contributed by atoms with Gasteiger partial charge < -0.3 is 10.8 Å². The van der Waals surface area contributed by atoms with E-state index in [2.05, 4.69) is 0 Å². The SMILES string of the molecule is Nc1ccc(C(F)(F)F)cc1/C=C/C(=O)O. The molecule has 0 aromatic heterocycles. The van der Waals surface area contributed by atoms with Crippen molar-refractivity contribution < 1.29 is 23.1 Å². The molecule has 1 aromatic rings. The minimum Gasteiger partial charge on any atom is -0.478 e. The maximum Gasteiger partial charge on any atom is 0.416 e. The van der Waals surface area contributed by atoms with E-state index in [9.17, 15) is 18.0 Å². The summed E-state index contributed by atoms with van der Waals surface area (Å²) in [7, 11) is 0. The quantitative estimate of drug-likeness (QED) is 0.606. The molecule has 0 aliphatic rings. The number of rotatable bonds is 2. The van der Waals surface area contributed by atoms with E-state index >= 15 is 0 Å². The highest BCUT2D eigenvalue weighted by atomic mass is 19.4. The van der Waals surface area contributed by atoms with E-state index in [1.165, 1.54) is 0 Å². The third kappa shape index (κ3) is 3.01. The summed E-state index contributed by atoms with van der Waals surface area (Å²) in [5.41, 5.74) is 4.65. The Morgan fingerprint density at radius 3 is 2.50 bits per heavy atom. The Balaban J connectivity index is 3.14. The summed E-state index contributed by atoms with van der Waals surface area (Å²) in [6.45, 7) is 0. The molecule has 6 heteroatoms. The Kier molecular flexibility index (Phi) is 3.22. The molecule has 3 N–H and O–H groups in total. The number of nitrogens with two attached hydrogens (primary N) is 1. The number of benzene rings is 1. The molecule has 0 spiro atoms. The van der Waals surface area contributed by atoms with Gasteiger partial charge in [0.1, 0.15) is 0 Å². The summed E-state index contributed by atoms with van der Waals surface area (Å²) in [5, 5.41) is 8.35. The Hall–Kier alpha value is -1.98. The van der Waals surface area contributed by atoms with Crippen LogP contribution in [0.1, 0.15) is 11.1 Å². The number of carboxylic acid groups (broad SMARTS) is 1. The number of alkyl halides is 3. The van der Waals surface area contributed by atoms with Gasteiger partial charge in [0.15, 0.2) is 0 Å². The van der Waals surface area contributed by atoms with Crippen LogP contribution in [0.15, 0.2) is 24.3 Å². The second-order valence-electron chi connectivity index (χ2n) is 3.01. The largest absolute Gasteiger partial charge is 0.478 e. The van der Waals surface area contributed by atoms with Crippen LogP contribution in [0.4, 0.5) is 18.9 Å². The molecular weight excluding hydrogens is 223 g/mol. The van der Waals surface area contributed by atoms with Gasteiger partial charge in [-0.15, -0.1) is 0 Å². The maximum absolute atomic E-state index is 12.3. The number of carbonyl (C=O) groups is 1. The van der Waals surface area contributed by atoms with Gasteiger partial charge in [-0.1, -0.05) is 0 Å². The molecule has 0 heterocycles. The molecule has 0 unspecified atom stereocenters. The zero-order valence-corrected chi connectivity index (χ0v) is 7.95. The number of nitrogen functional groups attached to an aromatic ring is 1. The molecule has 1 aromatic carbocycles. The Morgan fingerprint density at radius 1 is 1.38 bits per heavy atom. The molecule has 0 amide bonds. The van der Waals surface area contributed by atoms with E-state index in [4.69, 9.17) is 10.8 Å². The fraction of sp³-hybridized carbons (Fsp3) is 0.100. The lowest BCUT2D eigenvalue weighted by Gasteiger charge is -2.08. The van der Waals surface area contributed by atoms with Gasteiger partial charge in [0.05, 0.1) is 5.56 Å². The summed E-state index contributed by atoms with van der Waals surface area (Å²) in [6.07, 6.45) is -2.72. The van der Waals surface area contributed by atoms with E-state index in [0.717, 1.165) is 30.4 Å². The van der Waals surface area contributed by atoms with Crippen molar-refractivity contribution in [2.24, 2.45) is 0 Å². The highest BCUT2D eigenvalue weighted by Crippen LogP contribution is 2.31. The second kappa shape index (κ2) is 4.26. The molecule has 0 aliphatic carbocycles. The smallest absolute Gasteiger partial charge is 0.416 e. The fourth-order valence-corrected chi connectivity index (χ4v) is 1.06. The van der Waals surface area contributed by atoms with Gasteiger partial charge in [-0.05, 0) is 29.8 Å². The van der Waals surface area contributed by atoms with Crippen molar-refractivity contribution in [3.05, 3.63) is 35.4 Å². The first kappa shape index (κ1) is 12.1. The van der Waals surface area contributed by atoms with Crippen LogP contribution in [-0.4, -0.2) is 11.1 Å². The maximum atomic E-state index is 12.3. The van der Waals surface area contributed by atoms with Gasteiger partial charge in [0.2, 0.25) is 0 Å². The van der Waals surface area contributed by atoms with Crippen LogP contribution < -0.4 is 5.73 Å². The van der Waals surface area contributed by atoms with Gasteiger partial charge >= 0.3 is 12.1 Å². The van der Waals surface area contributed by atoms with E-state index < -0.39 is 17.7 Å². The topological polar surface area (TPSA) is 63.3 Å². The highest BCUT2D eigenvalue weighted by Gasteiger charge is 2.30. The van der Waals surface area contributed by atoms with Crippen molar-refractivity contribution in [1.82, 2.24) is 0 Å². The van der Waals surface area contributed by atoms with Crippen LogP contribution in [0.3, 0.4) is 0 Å². The molecule has 0 bridgehead atoms. The zero-order valence-electron chi connectivity index (χ0n) is 7.95. The molecule has 86 valence electrons. The number of anilines is 1. The summed E-state index contributed by atoms with van der Waals surface area (Å²) < 4.78 is 37.0. The highest BCUT2D eigenvalue weighted by molar-refractivity contribution is 5.86. The number of hydrogen-bond donors (Lipinski definition) is 2. The van der Waals surface area contributed by atoms with E-state index in [-0.39, 0.29) is 11.3 Å². The summed E-state index contributed by atoms with van der Waals surface area (Å²) in [4.78, 5) is 10.2. The summed E-state index contributed by atoms with van der Waals surface area (Å²) in [5.74, 6) is -1.25. The third-order valence-corrected chi connectivity index (χ3v) is 1.82. The van der Waals surface area contributed by atoms with Crippen molar-refractivity contribution in [2.45, 2.75) is 6.18 Å². The van der Waals surface area contributed by atoms with Crippen molar-refractivity contribution in [3.8, 4) is 0 Å². The van der Waals surface area contributed by atoms with Crippen molar-refractivity contribution >= 4 is 17.7 Å². The standard InChI is InChI=1S/C10H8F3NO2/c11-10(12,13)7-2-3-8(14)6(5-7)1-4-9(15)16/h1-5H,14H2,(H,15,16)/b4-1+. The first-order chi connectivity index (χ1) is 7.30. The normalized spacial score (nSPS) is 11.9. The average Bonchev–Trinajstić information content (AvgIpc) is 2.14. The van der Waals surface area contributed by atoms with Crippen molar-refractivity contribution in [2.75, 3.05) is 5.73 Å².